The lowest BCUT2D eigenvalue weighted by Gasteiger charge is -2.44. The van der Waals surface area contributed by atoms with Crippen LogP contribution in [0.3, 0.4) is 0 Å². The monoisotopic (exact) mass is 634 g/mol. The molecule has 1 aliphatic rings. The summed E-state index contributed by atoms with van der Waals surface area (Å²) in [4.78, 5) is 53.4. The van der Waals surface area contributed by atoms with Crippen molar-refractivity contribution in [2.45, 2.75) is 44.4 Å². The second kappa shape index (κ2) is 15.6. The van der Waals surface area contributed by atoms with Crippen molar-refractivity contribution >= 4 is 23.9 Å². The summed E-state index contributed by atoms with van der Waals surface area (Å²) in [6.07, 6.45) is -4.40. The van der Waals surface area contributed by atoms with E-state index in [0.717, 1.165) is 5.57 Å². The molecule has 1 saturated heterocycles. The lowest BCUT2D eigenvalue weighted by atomic mass is 9.93. The van der Waals surface area contributed by atoms with Crippen molar-refractivity contribution < 1.29 is 42.9 Å². The van der Waals surface area contributed by atoms with Gasteiger partial charge in [-0.15, -0.1) is 0 Å². The van der Waals surface area contributed by atoms with Crippen LogP contribution < -0.4 is 0 Å². The first kappa shape index (κ1) is 32.8. The Morgan fingerprint density at radius 2 is 0.894 bits per heavy atom. The molecule has 9 nitrogen and oxygen atoms in total. The topological polar surface area (TPSA) is 114 Å². The van der Waals surface area contributed by atoms with Crippen LogP contribution in [-0.2, 0) is 23.7 Å². The molecule has 5 rings (SSSR count). The Bertz CT molecular complexity index is 1680. The molecule has 0 bridgehead atoms. The maximum atomic E-state index is 13.6. The fraction of sp³-hybridized carbons (Fsp3) is 0.211. The van der Waals surface area contributed by atoms with Crippen molar-refractivity contribution in [3.63, 3.8) is 0 Å². The van der Waals surface area contributed by atoms with Crippen LogP contribution in [0.4, 0.5) is 0 Å². The van der Waals surface area contributed by atoms with Gasteiger partial charge in [0.1, 0.15) is 18.8 Å². The molecule has 1 heterocycles. The van der Waals surface area contributed by atoms with Gasteiger partial charge in [0.15, 0.2) is 18.3 Å². The Hall–Kier alpha value is -5.54. The van der Waals surface area contributed by atoms with Crippen LogP contribution in [0, 0.1) is 0 Å². The smallest absolute Gasteiger partial charge is 0.338 e. The largest absolute Gasteiger partial charge is 0.459 e. The molecule has 9 heteroatoms. The predicted molar refractivity (Wildman–Crippen MR) is 172 cm³/mol. The molecule has 0 N–H and O–H groups in total. The summed E-state index contributed by atoms with van der Waals surface area (Å²) in [6, 6.07) is 33.2. The number of rotatable bonds is 10. The molecule has 240 valence electrons. The summed E-state index contributed by atoms with van der Waals surface area (Å²) in [7, 11) is 0. The van der Waals surface area contributed by atoms with E-state index in [-0.39, 0.29) is 23.3 Å². The molecule has 0 aliphatic carbocycles. The van der Waals surface area contributed by atoms with E-state index in [4.69, 9.17) is 23.7 Å². The van der Waals surface area contributed by atoms with E-state index in [1.165, 1.54) is 0 Å². The van der Waals surface area contributed by atoms with Gasteiger partial charge in [-0.2, -0.15) is 0 Å². The minimum atomic E-state index is -1.38. The van der Waals surface area contributed by atoms with Crippen molar-refractivity contribution in [2.75, 3.05) is 6.61 Å². The second-order valence-corrected chi connectivity index (χ2v) is 11.1. The highest BCUT2D eigenvalue weighted by Gasteiger charge is 2.52. The molecule has 1 fully saturated rings. The first-order chi connectivity index (χ1) is 22.8. The minimum Gasteiger partial charge on any atom is -0.459 e. The van der Waals surface area contributed by atoms with Crippen LogP contribution in [-0.4, -0.2) is 61.0 Å². The molecule has 0 spiro atoms. The molecule has 0 radical (unpaired) electrons. The third kappa shape index (κ3) is 8.59. The summed E-state index contributed by atoms with van der Waals surface area (Å²) >= 11 is 0. The summed E-state index contributed by atoms with van der Waals surface area (Å²) in [6.45, 7) is 3.29. The molecule has 0 aromatic heterocycles. The van der Waals surface area contributed by atoms with Crippen molar-refractivity contribution in [1.29, 1.82) is 0 Å². The number of carbonyl (C=O) groups excluding carboxylic acids is 4. The second-order valence-electron chi connectivity index (χ2n) is 11.1. The van der Waals surface area contributed by atoms with Gasteiger partial charge in [0.05, 0.1) is 22.3 Å². The van der Waals surface area contributed by atoms with Gasteiger partial charge in [0.2, 0.25) is 0 Å². The number of ether oxygens (including phenoxy) is 5. The van der Waals surface area contributed by atoms with E-state index in [0.29, 0.717) is 5.56 Å². The SMILES string of the molecule is CC(C)=C[C@H]1O[C@H](COC(=O)c2ccccc2)[C@@H](OC(=O)c2ccccc2)[C@H](OC(=O)c2ccccc2)[C@@H]1OC(=O)c1ccccc1. The molecule has 4 aromatic rings. The average molecular weight is 635 g/mol. The average Bonchev–Trinajstić information content (AvgIpc) is 3.10. The van der Waals surface area contributed by atoms with E-state index < -0.39 is 54.4 Å². The quantitative estimate of drug-likeness (QED) is 0.113. The number of allylic oxidation sites excluding steroid dienone is 1. The molecule has 1 aliphatic heterocycles. The zero-order chi connectivity index (χ0) is 33.2. The highest BCUT2D eigenvalue weighted by molar-refractivity contribution is 5.91. The van der Waals surface area contributed by atoms with Gasteiger partial charge in [-0.1, -0.05) is 84.4 Å². The Balaban J connectivity index is 1.55. The third-order valence-electron chi connectivity index (χ3n) is 7.31. The maximum absolute atomic E-state index is 13.6. The van der Waals surface area contributed by atoms with Gasteiger partial charge in [-0.25, -0.2) is 19.2 Å². The fourth-order valence-corrected chi connectivity index (χ4v) is 5.06. The van der Waals surface area contributed by atoms with Crippen LogP contribution in [0.5, 0.6) is 0 Å². The van der Waals surface area contributed by atoms with Crippen LogP contribution in [0.2, 0.25) is 0 Å². The zero-order valence-electron chi connectivity index (χ0n) is 25.9. The van der Waals surface area contributed by atoms with Gasteiger partial charge >= 0.3 is 23.9 Å². The number of hydrogen-bond acceptors (Lipinski definition) is 9. The highest BCUT2D eigenvalue weighted by Crippen LogP contribution is 2.32. The standard InChI is InChI=1S/C38H34O9/c1-25(2)23-30-32(45-36(40)27-17-9-4-10-18-27)34(47-38(42)29-21-13-6-14-22-29)33(46-37(41)28-19-11-5-12-20-28)31(44-30)24-43-35(39)26-15-7-3-8-16-26/h3-23,30-34H,24H2,1-2H3/t30-,31-,32-,33-,34-/m1/s1. The van der Waals surface area contributed by atoms with Crippen LogP contribution in [0.15, 0.2) is 133 Å². The zero-order valence-corrected chi connectivity index (χ0v) is 25.9. The Labute approximate surface area is 272 Å². The summed E-state index contributed by atoms with van der Waals surface area (Å²) in [5.41, 5.74) is 1.83. The molecule has 0 amide bonds. The van der Waals surface area contributed by atoms with Gasteiger partial charge in [-0.05, 0) is 62.4 Å². The molecular formula is C38H34O9. The predicted octanol–water partition coefficient (Wildman–Crippen LogP) is 6.25. The summed E-state index contributed by atoms with van der Waals surface area (Å²) in [5.74, 6) is -2.81. The van der Waals surface area contributed by atoms with E-state index in [1.54, 1.807) is 127 Å². The van der Waals surface area contributed by atoms with Crippen LogP contribution >= 0.6 is 0 Å². The number of esters is 4. The van der Waals surface area contributed by atoms with Gasteiger partial charge < -0.3 is 23.7 Å². The first-order valence-electron chi connectivity index (χ1n) is 15.1. The first-order valence-corrected chi connectivity index (χ1v) is 15.1. The third-order valence-corrected chi connectivity index (χ3v) is 7.31. The summed E-state index contributed by atoms with van der Waals surface area (Å²) < 4.78 is 30.1. The van der Waals surface area contributed by atoms with Crippen LogP contribution in [0.25, 0.3) is 0 Å². The van der Waals surface area contributed by atoms with Crippen molar-refractivity contribution in [2.24, 2.45) is 0 Å². The Kier molecular flexibility index (Phi) is 10.9. The Morgan fingerprint density at radius 1 is 0.532 bits per heavy atom. The molecular weight excluding hydrogens is 600 g/mol. The lowest BCUT2D eigenvalue weighted by Crippen LogP contribution is -2.62. The Morgan fingerprint density at radius 3 is 1.30 bits per heavy atom. The fourth-order valence-electron chi connectivity index (χ4n) is 5.06. The maximum Gasteiger partial charge on any atom is 0.338 e. The molecule has 0 saturated carbocycles. The molecule has 5 atom stereocenters. The highest BCUT2D eigenvalue weighted by atomic mass is 16.7. The number of benzene rings is 4. The lowest BCUT2D eigenvalue weighted by molar-refractivity contribution is -0.217. The van der Waals surface area contributed by atoms with Crippen molar-refractivity contribution in [3.8, 4) is 0 Å². The molecule has 4 aromatic carbocycles. The number of carbonyl (C=O) groups is 4. The van der Waals surface area contributed by atoms with E-state index in [2.05, 4.69) is 0 Å². The molecule has 0 unspecified atom stereocenters. The van der Waals surface area contributed by atoms with E-state index in [1.807, 2.05) is 13.8 Å². The van der Waals surface area contributed by atoms with Crippen LogP contribution in [0.1, 0.15) is 55.3 Å². The van der Waals surface area contributed by atoms with Gasteiger partial charge in [0, 0.05) is 0 Å². The van der Waals surface area contributed by atoms with Crippen molar-refractivity contribution in [1.82, 2.24) is 0 Å². The minimum absolute atomic E-state index is 0.227. The van der Waals surface area contributed by atoms with E-state index in [9.17, 15) is 19.2 Å². The normalized spacial score (nSPS) is 20.3. The van der Waals surface area contributed by atoms with Gasteiger partial charge in [0.25, 0.3) is 0 Å². The van der Waals surface area contributed by atoms with Crippen molar-refractivity contribution in [3.05, 3.63) is 155 Å². The number of hydrogen-bond donors (Lipinski definition) is 0. The summed E-state index contributed by atoms with van der Waals surface area (Å²) in [5, 5.41) is 0. The van der Waals surface area contributed by atoms with E-state index >= 15 is 0 Å². The molecule has 47 heavy (non-hydrogen) atoms. The van der Waals surface area contributed by atoms with Gasteiger partial charge in [-0.3, -0.25) is 0 Å².